The molecule has 124 valence electrons. The minimum absolute atomic E-state index is 0.105. The molecule has 0 aliphatic carbocycles. The number of aromatic nitrogens is 2. The molecule has 0 atom stereocenters. The fraction of sp³-hybridized carbons (Fsp3) is 0.222. The number of amides is 1. The van der Waals surface area contributed by atoms with E-state index in [1.54, 1.807) is 29.3 Å². The molecule has 0 aliphatic rings. The molecular weight excluding hydrogens is 326 g/mol. The third-order valence-electron chi connectivity index (χ3n) is 3.68. The molecule has 3 rings (SSSR count). The second kappa shape index (κ2) is 6.93. The Labute approximate surface area is 145 Å². The van der Waals surface area contributed by atoms with Gasteiger partial charge in [0.15, 0.2) is 0 Å². The van der Waals surface area contributed by atoms with E-state index >= 15 is 0 Å². The summed E-state index contributed by atoms with van der Waals surface area (Å²) in [6.45, 7) is 4.38. The summed E-state index contributed by atoms with van der Waals surface area (Å²) >= 11 is 6.28. The topological polar surface area (TPSA) is 60.1 Å². The summed E-state index contributed by atoms with van der Waals surface area (Å²) in [6.07, 6.45) is 3.16. The van der Waals surface area contributed by atoms with E-state index < -0.39 is 0 Å². The summed E-state index contributed by atoms with van der Waals surface area (Å²) in [5.74, 6) is 0.620. The molecule has 0 bridgehead atoms. The molecule has 0 spiro atoms. The van der Waals surface area contributed by atoms with Crippen LogP contribution in [0.1, 0.15) is 41.6 Å². The van der Waals surface area contributed by atoms with Crippen molar-refractivity contribution in [2.45, 2.75) is 26.3 Å². The number of halogens is 1. The normalized spacial score (nSPS) is 11.0. The first-order valence-electron chi connectivity index (χ1n) is 7.71. The molecule has 0 unspecified atom stereocenters. The monoisotopic (exact) mass is 343 g/mol. The molecule has 1 N–H and O–H groups in total. The SMILES string of the molecule is CC(C)c1c(C(=O)NCc2ccco2)cnn1-c1ccccc1Cl. The molecule has 1 amide bonds. The van der Waals surface area contributed by atoms with Crippen LogP contribution in [-0.4, -0.2) is 15.7 Å². The lowest BCUT2D eigenvalue weighted by molar-refractivity contribution is 0.0946. The van der Waals surface area contributed by atoms with Crippen LogP contribution in [0.2, 0.25) is 5.02 Å². The maximum atomic E-state index is 12.6. The van der Waals surface area contributed by atoms with Crippen LogP contribution >= 0.6 is 11.6 Å². The lowest BCUT2D eigenvalue weighted by atomic mass is 10.0. The number of hydrogen-bond donors (Lipinski definition) is 1. The summed E-state index contributed by atoms with van der Waals surface area (Å²) in [5, 5.41) is 7.83. The first-order valence-corrected chi connectivity index (χ1v) is 8.09. The Bertz CT molecular complexity index is 838. The van der Waals surface area contributed by atoms with Gasteiger partial charge in [0.05, 0.1) is 41.0 Å². The minimum Gasteiger partial charge on any atom is -0.467 e. The molecule has 2 aromatic heterocycles. The van der Waals surface area contributed by atoms with Crippen molar-refractivity contribution in [2.24, 2.45) is 0 Å². The Hall–Kier alpha value is -2.53. The number of hydrogen-bond acceptors (Lipinski definition) is 3. The van der Waals surface area contributed by atoms with Crippen LogP contribution in [0.5, 0.6) is 0 Å². The van der Waals surface area contributed by atoms with Crippen LogP contribution in [0.25, 0.3) is 5.69 Å². The third kappa shape index (κ3) is 3.21. The van der Waals surface area contributed by atoms with Crippen molar-refractivity contribution in [3.8, 4) is 5.69 Å². The highest BCUT2D eigenvalue weighted by Gasteiger charge is 2.21. The molecule has 0 saturated carbocycles. The molecule has 5 nitrogen and oxygen atoms in total. The quantitative estimate of drug-likeness (QED) is 0.756. The maximum Gasteiger partial charge on any atom is 0.255 e. The molecule has 1 aromatic carbocycles. The van der Waals surface area contributed by atoms with Gasteiger partial charge in [-0.2, -0.15) is 5.10 Å². The number of nitrogens with zero attached hydrogens (tertiary/aromatic N) is 2. The van der Waals surface area contributed by atoms with E-state index in [1.165, 1.54) is 0 Å². The van der Waals surface area contributed by atoms with E-state index in [-0.39, 0.29) is 11.8 Å². The summed E-state index contributed by atoms with van der Waals surface area (Å²) in [5.41, 5.74) is 2.12. The van der Waals surface area contributed by atoms with E-state index in [4.69, 9.17) is 16.0 Å². The van der Waals surface area contributed by atoms with Crippen molar-refractivity contribution in [1.29, 1.82) is 0 Å². The van der Waals surface area contributed by atoms with Crippen molar-refractivity contribution in [3.05, 3.63) is 70.9 Å². The van der Waals surface area contributed by atoms with E-state index in [0.717, 1.165) is 11.4 Å². The lowest BCUT2D eigenvalue weighted by Crippen LogP contribution is -2.24. The molecular formula is C18H18ClN3O2. The number of para-hydroxylation sites is 1. The Kier molecular flexibility index (Phi) is 4.71. The molecule has 0 fully saturated rings. The Morgan fingerprint density at radius 3 is 2.75 bits per heavy atom. The van der Waals surface area contributed by atoms with Crippen LogP contribution in [0.3, 0.4) is 0 Å². The second-order valence-corrected chi connectivity index (χ2v) is 6.13. The number of benzene rings is 1. The van der Waals surface area contributed by atoms with E-state index in [1.807, 2.05) is 38.1 Å². The molecule has 24 heavy (non-hydrogen) atoms. The highest BCUT2D eigenvalue weighted by Crippen LogP contribution is 2.27. The van der Waals surface area contributed by atoms with Crippen molar-refractivity contribution in [2.75, 3.05) is 0 Å². The summed E-state index contributed by atoms with van der Waals surface area (Å²) < 4.78 is 6.97. The van der Waals surface area contributed by atoms with Crippen LogP contribution < -0.4 is 5.32 Å². The molecule has 0 aliphatic heterocycles. The van der Waals surface area contributed by atoms with Crippen LogP contribution in [0, 0.1) is 0 Å². The standard InChI is InChI=1S/C18H18ClN3O2/c1-12(2)17-14(18(23)20-10-13-6-5-9-24-13)11-21-22(17)16-8-4-3-7-15(16)19/h3-9,11-12H,10H2,1-2H3,(H,20,23). The molecule has 2 heterocycles. The first-order chi connectivity index (χ1) is 11.6. The van der Waals surface area contributed by atoms with E-state index in [0.29, 0.717) is 22.9 Å². The highest BCUT2D eigenvalue weighted by molar-refractivity contribution is 6.32. The van der Waals surface area contributed by atoms with Gasteiger partial charge in [0.1, 0.15) is 5.76 Å². The lowest BCUT2D eigenvalue weighted by Gasteiger charge is -2.13. The maximum absolute atomic E-state index is 12.6. The number of carbonyl (C=O) groups is 1. The second-order valence-electron chi connectivity index (χ2n) is 5.72. The van der Waals surface area contributed by atoms with Gasteiger partial charge in [0, 0.05) is 0 Å². The molecule has 6 heteroatoms. The van der Waals surface area contributed by atoms with E-state index in [9.17, 15) is 4.79 Å². The van der Waals surface area contributed by atoms with Gasteiger partial charge in [0.2, 0.25) is 0 Å². The first kappa shape index (κ1) is 16.3. The fourth-order valence-electron chi connectivity index (χ4n) is 2.58. The Morgan fingerprint density at radius 2 is 2.08 bits per heavy atom. The van der Waals surface area contributed by atoms with Gasteiger partial charge in [-0.15, -0.1) is 0 Å². The average Bonchev–Trinajstić information content (AvgIpc) is 3.22. The zero-order valence-corrected chi connectivity index (χ0v) is 14.2. The number of furan rings is 1. The number of nitrogens with one attached hydrogen (secondary N) is 1. The van der Waals surface area contributed by atoms with Gasteiger partial charge in [-0.3, -0.25) is 4.79 Å². The van der Waals surface area contributed by atoms with Crippen LogP contribution in [0.15, 0.2) is 53.3 Å². The van der Waals surface area contributed by atoms with Gasteiger partial charge < -0.3 is 9.73 Å². The van der Waals surface area contributed by atoms with Gasteiger partial charge in [0.25, 0.3) is 5.91 Å². The molecule has 0 saturated heterocycles. The van der Waals surface area contributed by atoms with Crippen molar-refractivity contribution >= 4 is 17.5 Å². The smallest absolute Gasteiger partial charge is 0.255 e. The largest absolute Gasteiger partial charge is 0.467 e. The van der Waals surface area contributed by atoms with Gasteiger partial charge in [-0.1, -0.05) is 37.6 Å². The molecule has 0 radical (unpaired) electrons. The third-order valence-corrected chi connectivity index (χ3v) is 4.00. The van der Waals surface area contributed by atoms with Crippen molar-refractivity contribution in [1.82, 2.24) is 15.1 Å². The van der Waals surface area contributed by atoms with Crippen LogP contribution in [-0.2, 0) is 6.54 Å². The Morgan fingerprint density at radius 1 is 1.29 bits per heavy atom. The summed E-state index contributed by atoms with van der Waals surface area (Å²) in [7, 11) is 0. The average molecular weight is 344 g/mol. The van der Waals surface area contributed by atoms with Crippen molar-refractivity contribution < 1.29 is 9.21 Å². The van der Waals surface area contributed by atoms with E-state index in [2.05, 4.69) is 10.4 Å². The number of carbonyl (C=O) groups excluding carboxylic acids is 1. The van der Waals surface area contributed by atoms with Gasteiger partial charge in [-0.05, 0) is 30.2 Å². The Balaban J connectivity index is 1.91. The predicted octanol–water partition coefficient (Wildman–Crippen LogP) is 4.17. The molecule has 3 aromatic rings. The fourth-order valence-corrected chi connectivity index (χ4v) is 2.80. The zero-order chi connectivity index (χ0) is 17.1. The van der Waals surface area contributed by atoms with Gasteiger partial charge in [-0.25, -0.2) is 4.68 Å². The minimum atomic E-state index is -0.187. The summed E-state index contributed by atoms with van der Waals surface area (Å²) in [4.78, 5) is 12.6. The highest BCUT2D eigenvalue weighted by atomic mass is 35.5. The van der Waals surface area contributed by atoms with Crippen molar-refractivity contribution in [3.63, 3.8) is 0 Å². The number of rotatable bonds is 5. The zero-order valence-electron chi connectivity index (χ0n) is 13.5. The summed E-state index contributed by atoms with van der Waals surface area (Å²) in [6, 6.07) is 11.0. The van der Waals surface area contributed by atoms with Crippen LogP contribution in [0.4, 0.5) is 0 Å². The van der Waals surface area contributed by atoms with Gasteiger partial charge >= 0.3 is 0 Å². The predicted molar refractivity (Wildman–Crippen MR) is 92.5 cm³/mol.